The Hall–Kier alpha value is -3.45. The monoisotopic (exact) mass is 480 g/mol. The van der Waals surface area contributed by atoms with Crippen LogP contribution in [0.5, 0.6) is 0 Å². The first-order valence-electron chi connectivity index (χ1n) is 11.4. The average molecular weight is 481 g/mol. The molecule has 0 aliphatic carbocycles. The highest BCUT2D eigenvalue weighted by molar-refractivity contribution is 5.85. The maximum absolute atomic E-state index is 15.4. The molecule has 2 atom stereocenters. The second-order valence-electron chi connectivity index (χ2n) is 9.57. The minimum atomic E-state index is -1.59. The molecule has 0 spiro atoms. The van der Waals surface area contributed by atoms with E-state index in [4.69, 9.17) is 5.11 Å². The number of aliphatic carboxylic acids is 1. The lowest BCUT2D eigenvalue weighted by atomic mass is 9.82. The molecule has 3 aromatic rings. The summed E-state index contributed by atoms with van der Waals surface area (Å²) in [4.78, 5) is 16.8. The molecular formula is C28H27F3N2O2. The molecule has 2 heterocycles. The zero-order valence-electron chi connectivity index (χ0n) is 19.8. The Morgan fingerprint density at radius 1 is 1.17 bits per heavy atom. The van der Waals surface area contributed by atoms with Crippen LogP contribution in [0.4, 0.5) is 13.2 Å². The summed E-state index contributed by atoms with van der Waals surface area (Å²) in [7, 11) is 0. The first kappa shape index (κ1) is 24.7. The molecule has 1 aliphatic heterocycles. The topological polar surface area (TPSA) is 53.4 Å². The molecule has 0 saturated carbocycles. The minimum absolute atomic E-state index is 0.0117. The fraction of sp³-hybridized carbons (Fsp3) is 0.286. The van der Waals surface area contributed by atoms with Gasteiger partial charge in [0.05, 0.1) is 6.04 Å². The Labute approximate surface area is 202 Å². The van der Waals surface area contributed by atoms with Gasteiger partial charge in [-0.05, 0) is 79.3 Å². The highest BCUT2D eigenvalue weighted by Crippen LogP contribution is 2.42. The molecule has 1 aliphatic rings. The average Bonchev–Trinajstić information content (AvgIpc) is 2.78. The highest BCUT2D eigenvalue weighted by atomic mass is 19.1. The Morgan fingerprint density at radius 2 is 1.89 bits per heavy atom. The van der Waals surface area contributed by atoms with Gasteiger partial charge in [0.2, 0.25) is 0 Å². The number of halogens is 3. The molecule has 7 heteroatoms. The first-order chi connectivity index (χ1) is 16.5. The second kappa shape index (κ2) is 9.66. The van der Waals surface area contributed by atoms with Crippen molar-refractivity contribution in [3.8, 4) is 11.1 Å². The van der Waals surface area contributed by atoms with E-state index >= 15 is 8.78 Å². The van der Waals surface area contributed by atoms with Crippen molar-refractivity contribution >= 4 is 12.0 Å². The smallest absolute Gasteiger partial charge is 0.328 e. The minimum Gasteiger partial charge on any atom is -0.478 e. The highest BCUT2D eigenvalue weighted by Gasteiger charge is 2.39. The van der Waals surface area contributed by atoms with Crippen LogP contribution in [-0.4, -0.2) is 39.2 Å². The van der Waals surface area contributed by atoms with Gasteiger partial charge < -0.3 is 5.11 Å². The van der Waals surface area contributed by atoms with E-state index in [9.17, 15) is 9.18 Å². The van der Waals surface area contributed by atoms with E-state index in [-0.39, 0.29) is 23.7 Å². The predicted molar refractivity (Wildman–Crippen MR) is 130 cm³/mol. The number of hydrogen-bond donors (Lipinski definition) is 1. The molecule has 4 rings (SSSR count). The number of aromatic nitrogens is 1. The van der Waals surface area contributed by atoms with Crippen molar-refractivity contribution in [3.05, 3.63) is 94.8 Å². The third-order valence-electron chi connectivity index (χ3n) is 6.20. The molecule has 35 heavy (non-hydrogen) atoms. The number of carboxylic acid groups (broad SMARTS) is 1. The van der Waals surface area contributed by atoms with Crippen LogP contribution >= 0.6 is 0 Å². The second-order valence-corrected chi connectivity index (χ2v) is 9.57. The zero-order valence-corrected chi connectivity index (χ0v) is 19.8. The molecule has 0 fully saturated rings. The Bertz CT molecular complexity index is 1250. The summed E-state index contributed by atoms with van der Waals surface area (Å²) in [6, 6.07) is 10.7. The number of carboxylic acids is 1. The largest absolute Gasteiger partial charge is 0.478 e. The maximum Gasteiger partial charge on any atom is 0.328 e. The molecule has 0 unspecified atom stereocenters. The van der Waals surface area contributed by atoms with E-state index in [0.29, 0.717) is 12.0 Å². The van der Waals surface area contributed by atoms with Crippen molar-refractivity contribution < 1.29 is 23.1 Å². The van der Waals surface area contributed by atoms with E-state index in [0.717, 1.165) is 41.0 Å². The van der Waals surface area contributed by atoms with Crippen LogP contribution in [0.15, 0.2) is 60.9 Å². The molecule has 0 amide bonds. The van der Waals surface area contributed by atoms with Crippen LogP contribution in [0.2, 0.25) is 0 Å². The predicted octanol–water partition coefficient (Wildman–Crippen LogP) is 6.21. The number of alkyl halides is 1. The molecule has 1 N–H and O–H groups in total. The van der Waals surface area contributed by atoms with Gasteiger partial charge in [0.15, 0.2) is 0 Å². The molecule has 182 valence electrons. The van der Waals surface area contributed by atoms with Crippen molar-refractivity contribution in [1.82, 2.24) is 9.88 Å². The molecule has 0 bridgehead atoms. The molecule has 4 nitrogen and oxygen atoms in total. The Balaban J connectivity index is 1.86. The van der Waals surface area contributed by atoms with E-state index < -0.39 is 29.3 Å². The number of carbonyl (C=O) groups is 1. The van der Waals surface area contributed by atoms with Gasteiger partial charge in [0.1, 0.15) is 17.3 Å². The summed E-state index contributed by atoms with van der Waals surface area (Å²) in [5.41, 5.74) is 1.85. The fourth-order valence-electron chi connectivity index (χ4n) is 4.76. The Morgan fingerprint density at radius 3 is 2.49 bits per heavy atom. The van der Waals surface area contributed by atoms with E-state index in [1.165, 1.54) is 13.8 Å². The molecule has 2 aromatic carbocycles. The zero-order chi connectivity index (χ0) is 25.3. The van der Waals surface area contributed by atoms with Crippen molar-refractivity contribution in [2.24, 2.45) is 0 Å². The van der Waals surface area contributed by atoms with E-state index in [1.807, 2.05) is 37.3 Å². The van der Waals surface area contributed by atoms with Crippen LogP contribution in [0.1, 0.15) is 49.1 Å². The Kier molecular flexibility index (Phi) is 6.81. The van der Waals surface area contributed by atoms with Gasteiger partial charge in [0.25, 0.3) is 0 Å². The van der Waals surface area contributed by atoms with Crippen LogP contribution in [-0.2, 0) is 11.2 Å². The molecule has 0 saturated heterocycles. The van der Waals surface area contributed by atoms with E-state index in [1.54, 1.807) is 17.3 Å². The quantitative estimate of drug-likeness (QED) is 0.426. The van der Waals surface area contributed by atoms with Gasteiger partial charge in [-0.3, -0.25) is 9.88 Å². The van der Waals surface area contributed by atoms with Crippen molar-refractivity contribution in [2.75, 3.05) is 6.54 Å². The number of rotatable bonds is 6. The van der Waals surface area contributed by atoms with Gasteiger partial charge in [-0.25, -0.2) is 18.0 Å². The van der Waals surface area contributed by atoms with Crippen LogP contribution in [0, 0.1) is 11.6 Å². The lowest BCUT2D eigenvalue weighted by molar-refractivity contribution is -0.131. The third-order valence-corrected chi connectivity index (χ3v) is 6.20. The molecule has 1 aromatic heterocycles. The van der Waals surface area contributed by atoms with Gasteiger partial charge in [-0.1, -0.05) is 24.3 Å². The normalized spacial score (nSPS) is 18.6. The lowest BCUT2D eigenvalue weighted by Crippen LogP contribution is -2.48. The summed E-state index contributed by atoms with van der Waals surface area (Å²) in [5, 5.41) is 8.84. The number of pyridine rings is 1. The maximum atomic E-state index is 15.4. The van der Waals surface area contributed by atoms with Gasteiger partial charge in [-0.15, -0.1) is 0 Å². The van der Waals surface area contributed by atoms with Crippen LogP contribution in [0.3, 0.4) is 0 Å². The fourth-order valence-corrected chi connectivity index (χ4v) is 4.76. The van der Waals surface area contributed by atoms with Crippen LogP contribution < -0.4 is 0 Å². The van der Waals surface area contributed by atoms with Crippen LogP contribution in [0.25, 0.3) is 17.2 Å². The third kappa shape index (κ3) is 5.46. The molecule has 0 radical (unpaired) electrons. The SMILES string of the molecule is C[C@H]1Cc2cc(-c3cccnc3)ccc2[C@H](c2c(F)cc(/C=C/C(=O)O)cc2F)N1CC(C)(C)F. The van der Waals surface area contributed by atoms with Crippen molar-refractivity contribution in [3.63, 3.8) is 0 Å². The van der Waals surface area contributed by atoms with Gasteiger partial charge >= 0.3 is 5.97 Å². The number of hydrogen-bond acceptors (Lipinski definition) is 3. The summed E-state index contributed by atoms with van der Waals surface area (Å²) in [6.07, 6.45) is 6.00. The summed E-state index contributed by atoms with van der Waals surface area (Å²) in [5.74, 6) is -2.83. The summed E-state index contributed by atoms with van der Waals surface area (Å²) < 4.78 is 45.7. The number of benzene rings is 2. The lowest BCUT2D eigenvalue weighted by Gasteiger charge is -2.44. The van der Waals surface area contributed by atoms with E-state index in [2.05, 4.69) is 4.98 Å². The van der Waals surface area contributed by atoms with Gasteiger partial charge in [-0.2, -0.15) is 0 Å². The standard InChI is InChI=1S/C28H27F3N2O2/c1-17-11-21-14-19(20-5-4-10-32-15-20)7-8-22(21)27(33(17)16-28(2,3)31)26-23(29)12-18(13-24(26)30)6-9-25(34)35/h4-10,12-15,17,27H,11,16H2,1-3H3,(H,34,35)/b9-6+/t17-,27+/m0/s1. The number of fused-ring (bicyclic) bond motifs is 1. The molecular weight excluding hydrogens is 453 g/mol. The van der Waals surface area contributed by atoms with Crippen molar-refractivity contribution in [2.45, 2.75) is 44.9 Å². The van der Waals surface area contributed by atoms with Gasteiger partial charge in [0, 0.05) is 36.6 Å². The van der Waals surface area contributed by atoms with Crippen molar-refractivity contribution in [1.29, 1.82) is 0 Å². The summed E-state index contributed by atoms with van der Waals surface area (Å²) >= 11 is 0. The number of nitrogens with zero attached hydrogens (tertiary/aromatic N) is 2. The first-order valence-corrected chi connectivity index (χ1v) is 11.4. The summed E-state index contributed by atoms with van der Waals surface area (Å²) in [6.45, 7) is 4.81.